The summed E-state index contributed by atoms with van der Waals surface area (Å²) >= 11 is 0. The lowest BCUT2D eigenvalue weighted by atomic mass is 10.5. The predicted octanol–water partition coefficient (Wildman–Crippen LogP) is 1.14. The van der Waals surface area contributed by atoms with Gasteiger partial charge in [-0.3, -0.25) is 4.79 Å². The fourth-order valence-electron chi connectivity index (χ4n) is 0.724. The zero-order valence-electron chi connectivity index (χ0n) is 7.39. The Bertz CT molecular complexity index is 173. The van der Waals surface area contributed by atoms with Crippen LogP contribution in [-0.4, -0.2) is 31.9 Å². The van der Waals surface area contributed by atoms with Gasteiger partial charge in [-0.15, -0.1) is 0 Å². The molecule has 0 spiro atoms. The maximum atomic E-state index is 11.1. The summed E-state index contributed by atoms with van der Waals surface area (Å²) in [5, 5.41) is 2.66. The minimum absolute atomic E-state index is 0.0213. The van der Waals surface area contributed by atoms with Crippen molar-refractivity contribution in [1.82, 2.24) is 5.32 Å². The van der Waals surface area contributed by atoms with Crippen molar-refractivity contribution in [3.63, 3.8) is 0 Å². The molecular formula is C7H16NO2P. The number of carbonyl (C=O) groups is 1. The van der Waals surface area contributed by atoms with E-state index in [9.17, 15) is 9.36 Å². The Balaban J connectivity index is 3.29. The second-order valence-electron chi connectivity index (χ2n) is 3.13. The van der Waals surface area contributed by atoms with Gasteiger partial charge in [0.15, 0.2) is 0 Å². The Morgan fingerprint density at radius 2 is 2.00 bits per heavy atom. The molecule has 11 heavy (non-hydrogen) atoms. The van der Waals surface area contributed by atoms with Gasteiger partial charge in [0.2, 0.25) is 5.91 Å². The molecule has 0 aromatic heterocycles. The Kier molecular flexibility index (Phi) is 4.43. The van der Waals surface area contributed by atoms with Crippen molar-refractivity contribution in [3.8, 4) is 0 Å². The van der Waals surface area contributed by atoms with E-state index in [0.29, 0.717) is 12.7 Å². The van der Waals surface area contributed by atoms with Crippen LogP contribution in [0.15, 0.2) is 0 Å². The van der Waals surface area contributed by atoms with Crippen molar-refractivity contribution >= 4 is 13.0 Å². The van der Waals surface area contributed by atoms with E-state index in [1.54, 1.807) is 13.3 Å². The van der Waals surface area contributed by atoms with Gasteiger partial charge in [0.05, 0.1) is 7.14 Å². The van der Waals surface area contributed by atoms with Gasteiger partial charge in [0, 0.05) is 19.6 Å². The summed E-state index contributed by atoms with van der Waals surface area (Å²) in [6.07, 6.45) is 1.52. The van der Waals surface area contributed by atoms with Crippen LogP contribution >= 0.6 is 7.14 Å². The van der Waals surface area contributed by atoms with Crippen molar-refractivity contribution in [2.75, 3.05) is 26.0 Å². The van der Waals surface area contributed by atoms with Gasteiger partial charge in [-0.2, -0.15) is 0 Å². The molecule has 0 heterocycles. The second kappa shape index (κ2) is 4.55. The fraction of sp³-hybridized carbons (Fsp3) is 0.857. The van der Waals surface area contributed by atoms with E-state index in [4.69, 9.17) is 0 Å². The van der Waals surface area contributed by atoms with Crippen LogP contribution in [0.25, 0.3) is 0 Å². The highest BCUT2D eigenvalue weighted by molar-refractivity contribution is 7.62. The van der Waals surface area contributed by atoms with Crippen LogP contribution in [0.2, 0.25) is 0 Å². The number of carbonyl (C=O) groups excluding carboxylic acids is 1. The molecule has 0 saturated carbocycles. The molecule has 0 radical (unpaired) electrons. The summed E-state index contributed by atoms with van der Waals surface area (Å²) in [4.78, 5) is 10.4. The Morgan fingerprint density at radius 3 is 2.36 bits per heavy atom. The molecule has 66 valence electrons. The van der Waals surface area contributed by atoms with Crippen LogP contribution in [0.5, 0.6) is 0 Å². The zero-order chi connectivity index (χ0) is 8.91. The Morgan fingerprint density at radius 1 is 1.45 bits per heavy atom. The smallest absolute Gasteiger partial charge is 0.216 e. The predicted molar refractivity (Wildman–Crippen MR) is 47.6 cm³/mol. The number of hydrogen-bond donors (Lipinski definition) is 1. The van der Waals surface area contributed by atoms with Crippen LogP contribution in [0, 0.1) is 0 Å². The maximum absolute atomic E-state index is 11.1. The van der Waals surface area contributed by atoms with Gasteiger partial charge in [0.25, 0.3) is 0 Å². The van der Waals surface area contributed by atoms with E-state index in [0.717, 1.165) is 6.42 Å². The van der Waals surface area contributed by atoms with Gasteiger partial charge in [-0.25, -0.2) is 0 Å². The molecule has 0 saturated heterocycles. The molecular weight excluding hydrogens is 161 g/mol. The van der Waals surface area contributed by atoms with Crippen molar-refractivity contribution in [1.29, 1.82) is 0 Å². The standard InChI is InChI=1S/C7H16NO2P/c1-7(9)8-5-4-6-11(2,3)10/h4-6H2,1-3H3,(H,8,9). The Hall–Kier alpha value is -0.300. The fourth-order valence-corrected chi connectivity index (χ4v) is 1.64. The zero-order valence-corrected chi connectivity index (χ0v) is 8.28. The first-order chi connectivity index (χ1) is 4.92. The second-order valence-corrected chi connectivity index (χ2v) is 6.73. The third kappa shape index (κ3) is 9.70. The van der Waals surface area contributed by atoms with Crippen LogP contribution in [0.1, 0.15) is 13.3 Å². The summed E-state index contributed by atoms with van der Waals surface area (Å²) in [7, 11) is -1.88. The highest BCUT2D eigenvalue weighted by Gasteiger charge is 2.05. The summed E-state index contributed by atoms with van der Waals surface area (Å²) in [6.45, 7) is 5.65. The lowest BCUT2D eigenvalue weighted by Gasteiger charge is -2.05. The quantitative estimate of drug-likeness (QED) is 0.517. The first-order valence-electron chi connectivity index (χ1n) is 3.70. The lowest BCUT2D eigenvalue weighted by Crippen LogP contribution is -2.21. The molecule has 0 bridgehead atoms. The molecule has 0 aliphatic carbocycles. The highest BCUT2D eigenvalue weighted by atomic mass is 31.2. The monoisotopic (exact) mass is 177 g/mol. The first-order valence-corrected chi connectivity index (χ1v) is 6.49. The van der Waals surface area contributed by atoms with E-state index in [1.807, 2.05) is 0 Å². The van der Waals surface area contributed by atoms with Crippen molar-refractivity contribution in [3.05, 3.63) is 0 Å². The van der Waals surface area contributed by atoms with Gasteiger partial charge in [-0.05, 0) is 19.8 Å². The van der Waals surface area contributed by atoms with Gasteiger partial charge >= 0.3 is 0 Å². The minimum Gasteiger partial charge on any atom is -0.356 e. The summed E-state index contributed by atoms with van der Waals surface area (Å²) in [5.41, 5.74) is 0. The third-order valence-corrected chi connectivity index (χ3v) is 2.64. The molecule has 0 atom stereocenters. The lowest BCUT2D eigenvalue weighted by molar-refractivity contribution is -0.118. The normalized spacial score (nSPS) is 11.2. The molecule has 0 unspecified atom stereocenters. The van der Waals surface area contributed by atoms with Crippen LogP contribution in [0.4, 0.5) is 0 Å². The molecule has 1 N–H and O–H groups in total. The van der Waals surface area contributed by atoms with Gasteiger partial charge in [0.1, 0.15) is 0 Å². The van der Waals surface area contributed by atoms with Gasteiger partial charge in [-0.1, -0.05) is 0 Å². The molecule has 3 nitrogen and oxygen atoms in total. The number of hydrogen-bond acceptors (Lipinski definition) is 2. The molecule has 0 fully saturated rings. The molecule has 0 aliphatic rings. The molecule has 1 amide bonds. The van der Waals surface area contributed by atoms with E-state index >= 15 is 0 Å². The average Bonchev–Trinajstić information content (AvgIpc) is 1.78. The largest absolute Gasteiger partial charge is 0.356 e. The average molecular weight is 177 g/mol. The molecule has 0 aliphatic heterocycles. The van der Waals surface area contributed by atoms with Crippen molar-refractivity contribution in [2.24, 2.45) is 0 Å². The highest BCUT2D eigenvalue weighted by Crippen LogP contribution is 2.35. The maximum Gasteiger partial charge on any atom is 0.216 e. The van der Waals surface area contributed by atoms with E-state index < -0.39 is 7.14 Å². The summed E-state index contributed by atoms with van der Waals surface area (Å²) < 4.78 is 11.1. The van der Waals surface area contributed by atoms with Crippen LogP contribution in [-0.2, 0) is 9.36 Å². The SMILES string of the molecule is CC(=O)NCCCP(C)(C)=O. The molecule has 0 aromatic carbocycles. The molecule has 0 aromatic rings. The van der Waals surface area contributed by atoms with E-state index in [2.05, 4.69) is 5.32 Å². The number of nitrogens with one attached hydrogen (secondary N) is 1. The van der Waals surface area contributed by atoms with E-state index in [-0.39, 0.29) is 5.91 Å². The number of rotatable bonds is 4. The third-order valence-electron chi connectivity index (χ3n) is 1.25. The van der Waals surface area contributed by atoms with Crippen LogP contribution < -0.4 is 5.32 Å². The minimum atomic E-state index is -1.88. The summed E-state index contributed by atoms with van der Waals surface area (Å²) in [6, 6.07) is 0. The van der Waals surface area contributed by atoms with E-state index in [1.165, 1.54) is 6.92 Å². The van der Waals surface area contributed by atoms with Crippen molar-refractivity contribution in [2.45, 2.75) is 13.3 Å². The molecule has 0 rings (SSSR count). The van der Waals surface area contributed by atoms with Crippen molar-refractivity contribution < 1.29 is 9.36 Å². The van der Waals surface area contributed by atoms with Crippen LogP contribution in [0.3, 0.4) is 0 Å². The number of amides is 1. The first kappa shape index (κ1) is 10.7. The topological polar surface area (TPSA) is 46.2 Å². The molecule has 4 heteroatoms. The Labute approximate surface area is 67.9 Å². The van der Waals surface area contributed by atoms with Gasteiger partial charge < -0.3 is 9.88 Å². The summed E-state index contributed by atoms with van der Waals surface area (Å²) in [5.74, 6) is -0.0213.